The average molecular weight is 284 g/mol. The summed E-state index contributed by atoms with van der Waals surface area (Å²) in [5, 5.41) is 4.10. The van der Waals surface area contributed by atoms with E-state index in [-0.39, 0.29) is 5.56 Å². The highest BCUT2D eigenvalue weighted by atomic mass is 79.9. The van der Waals surface area contributed by atoms with Crippen LogP contribution in [0, 0.1) is 5.92 Å². The number of piperidine rings is 1. The minimum Gasteiger partial charge on any atom is -0.366 e. The summed E-state index contributed by atoms with van der Waals surface area (Å²) in [4.78, 5) is 14.1. The zero-order chi connectivity index (χ0) is 11.3. The molecule has 2 unspecified atom stereocenters. The maximum Gasteiger partial charge on any atom is 0.282 e. The number of fused-ring (bicyclic) bond motifs is 2. The van der Waals surface area contributed by atoms with Gasteiger partial charge in [0.05, 0.1) is 11.9 Å². The van der Waals surface area contributed by atoms with Gasteiger partial charge in [-0.15, -0.1) is 0 Å². The summed E-state index contributed by atoms with van der Waals surface area (Å²) >= 11 is 3.40. The van der Waals surface area contributed by atoms with E-state index in [0.29, 0.717) is 10.5 Å². The Morgan fingerprint density at radius 2 is 2.31 bits per heavy atom. The minimum atomic E-state index is -0.0553. The lowest BCUT2D eigenvalue weighted by atomic mass is 10.1. The Hall–Kier alpha value is -0.840. The Bertz CT molecular complexity index is 485. The summed E-state index contributed by atoms with van der Waals surface area (Å²) in [6.07, 6.45) is 5.68. The van der Waals surface area contributed by atoms with Gasteiger partial charge in [-0.25, -0.2) is 4.68 Å². The van der Waals surface area contributed by atoms with Crippen molar-refractivity contribution < 1.29 is 0 Å². The van der Waals surface area contributed by atoms with Crippen molar-refractivity contribution in [3.8, 4) is 0 Å². The van der Waals surface area contributed by atoms with Gasteiger partial charge in [-0.05, 0) is 41.1 Å². The van der Waals surface area contributed by atoms with Gasteiger partial charge in [-0.1, -0.05) is 0 Å². The Balaban J connectivity index is 2.02. The van der Waals surface area contributed by atoms with Gasteiger partial charge in [0.25, 0.3) is 5.56 Å². The van der Waals surface area contributed by atoms with Crippen LogP contribution in [0.25, 0.3) is 0 Å². The van der Waals surface area contributed by atoms with Gasteiger partial charge in [0, 0.05) is 19.6 Å². The molecule has 2 aliphatic rings. The van der Waals surface area contributed by atoms with Crippen LogP contribution < -0.4 is 10.5 Å². The molecule has 0 radical (unpaired) electrons. The van der Waals surface area contributed by atoms with E-state index in [1.807, 2.05) is 0 Å². The standard InChI is InChI=1S/C11H14BrN3O/c1-14-11(16)10(12)9(5-13-14)15-6-7-2-3-8(15)4-7/h5,7-8H,2-4,6H2,1H3. The van der Waals surface area contributed by atoms with Crippen molar-refractivity contribution in [3.05, 3.63) is 21.0 Å². The van der Waals surface area contributed by atoms with Crippen molar-refractivity contribution in [3.63, 3.8) is 0 Å². The lowest BCUT2D eigenvalue weighted by Crippen LogP contribution is -2.34. The molecule has 3 rings (SSSR count). The van der Waals surface area contributed by atoms with Crippen LogP contribution in [0.3, 0.4) is 0 Å². The summed E-state index contributed by atoms with van der Waals surface area (Å²) in [5.74, 6) is 0.820. The van der Waals surface area contributed by atoms with Crippen LogP contribution in [0.2, 0.25) is 0 Å². The summed E-state index contributed by atoms with van der Waals surface area (Å²) in [5.41, 5.74) is 0.913. The maximum atomic E-state index is 11.8. The van der Waals surface area contributed by atoms with Crippen LogP contribution >= 0.6 is 15.9 Å². The van der Waals surface area contributed by atoms with E-state index < -0.39 is 0 Å². The van der Waals surface area contributed by atoms with Crippen molar-refractivity contribution in [1.29, 1.82) is 0 Å². The van der Waals surface area contributed by atoms with E-state index in [0.717, 1.165) is 18.2 Å². The first kappa shape index (κ1) is 10.3. The van der Waals surface area contributed by atoms with Crippen molar-refractivity contribution in [1.82, 2.24) is 9.78 Å². The van der Waals surface area contributed by atoms with E-state index in [2.05, 4.69) is 25.9 Å². The Labute approximate surface area is 102 Å². The SMILES string of the molecule is Cn1ncc(N2CC3CCC2C3)c(Br)c1=O. The Morgan fingerprint density at radius 3 is 2.94 bits per heavy atom. The molecule has 5 heteroatoms. The fourth-order valence-corrected chi connectivity index (χ4v) is 3.51. The molecule has 1 aromatic heterocycles. The molecule has 1 saturated carbocycles. The molecule has 0 spiro atoms. The highest BCUT2D eigenvalue weighted by Crippen LogP contribution is 2.41. The van der Waals surface area contributed by atoms with Crippen LogP contribution in [0.4, 0.5) is 5.69 Å². The van der Waals surface area contributed by atoms with Gasteiger partial charge in [-0.2, -0.15) is 5.10 Å². The number of aromatic nitrogens is 2. The quantitative estimate of drug-likeness (QED) is 0.785. The lowest BCUT2D eigenvalue weighted by Gasteiger charge is -2.29. The van der Waals surface area contributed by atoms with Crippen LogP contribution in [0.1, 0.15) is 19.3 Å². The van der Waals surface area contributed by atoms with Gasteiger partial charge in [0.2, 0.25) is 0 Å². The first-order valence-electron chi connectivity index (χ1n) is 5.65. The van der Waals surface area contributed by atoms with Crippen molar-refractivity contribution in [2.75, 3.05) is 11.4 Å². The number of halogens is 1. The number of anilines is 1. The number of hydrogen-bond donors (Lipinski definition) is 0. The summed E-state index contributed by atoms with van der Waals surface area (Å²) < 4.78 is 2.01. The first-order chi connectivity index (χ1) is 7.66. The summed E-state index contributed by atoms with van der Waals surface area (Å²) in [6.45, 7) is 1.08. The zero-order valence-electron chi connectivity index (χ0n) is 9.19. The summed E-state index contributed by atoms with van der Waals surface area (Å²) in [7, 11) is 1.67. The highest BCUT2D eigenvalue weighted by molar-refractivity contribution is 9.10. The molecule has 1 saturated heterocycles. The second-order valence-corrected chi connectivity index (χ2v) is 5.55. The number of aryl methyl sites for hydroxylation is 1. The normalized spacial score (nSPS) is 27.8. The molecule has 2 bridgehead atoms. The third kappa shape index (κ3) is 1.41. The average Bonchev–Trinajstić information content (AvgIpc) is 2.88. The highest BCUT2D eigenvalue weighted by Gasteiger charge is 2.38. The minimum absolute atomic E-state index is 0.0553. The molecular formula is C11H14BrN3O. The van der Waals surface area contributed by atoms with Gasteiger partial charge in [-0.3, -0.25) is 4.79 Å². The molecule has 4 nitrogen and oxygen atoms in total. The summed E-state index contributed by atoms with van der Waals surface area (Å²) in [6, 6.07) is 0.621. The van der Waals surface area contributed by atoms with Crippen molar-refractivity contribution in [2.45, 2.75) is 25.3 Å². The molecule has 2 fully saturated rings. The lowest BCUT2D eigenvalue weighted by molar-refractivity contribution is 0.550. The largest absolute Gasteiger partial charge is 0.366 e. The number of nitrogens with zero attached hydrogens (tertiary/aromatic N) is 3. The van der Waals surface area contributed by atoms with Crippen LogP contribution in [0.15, 0.2) is 15.5 Å². The molecule has 16 heavy (non-hydrogen) atoms. The predicted octanol–water partition coefficient (Wildman–Crippen LogP) is 1.53. The van der Waals surface area contributed by atoms with Gasteiger partial charge in [0.1, 0.15) is 4.47 Å². The smallest absolute Gasteiger partial charge is 0.282 e. The molecule has 2 heterocycles. The molecule has 1 aliphatic carbocycles. The van der Waals surface area contributed by atoms with E-state index >= 15 is 0 Å². The van der Waals surface area contributed by atoms with E-state index in [1.165, 1.54) is 23.9 Å². The molecule has 0 aromatic carbocycles. The third-order valence-electron chi connectivity index (χ3n) is 3.78. The molecule has 86 valence electrons. The molecule has 1 aliphatic heterocycles. The van der Waals surface area contributed by atoms with E-state index in [4.69, 9.17) is 0 Å². The number of hydrogen-bond acceptors (Lipinski definition) is 3. The third-order valence-corrected chi connectivity index (χ3v) is 4.52. The van der Waals surface area contributed by atoms with E-state index in [1.54, 1.807) is 13.2 Å². The van der Waals surface area contributed by atoms with Crippen molar-refractivity contribution in [2.24, 2.45) is 13.0 Å². The zero-order valence-corrected chi connectivity index (χ0v) is 10.8. The van der Waals surface area contributed by atoms with Gasteiger partial charge < -0.3 is 4.90 Å². The first-order valence-corrected chi connectivity index (χ1v) is 6.44. The fourth-order valence-electron chi connectivity index (χ4n) is 2.92. The molecule has 1 aromatic rings. The Kier molecular flexibility index (Phi) is 2.31. The van der Waals surface area contributed by atoms with Gasteiger partial charge in [0.15, 0.2) is 0 Å². The number of rotatable bonds is 1. The van der Waals surface area contributed by atoms with Crippen molar-refractivity contribution >= 4 is 21.6 Å². The van der Waals surface area contributed by atoms with Crippen LogP contribution in [0.5, 0.6) is 0 Å². The molecular weight excluding hydrogens is 270 g/mol. The second kappa shape index (κ2) is 3.58. The monoisotopic (exact) mass is 283 g/mol. The molecule has 2 atom stereocenters. The maximum absolute atomic E-state index is 11.8. The predicted molar refractivity (Wildman–Crippen MR) is 65.7 cm³/mol. The topological polar surface area (TPSA) is 38.1 Å². The Morgan fingerprint density at radius 1 is 1.50 bits per heavy atom. The van der Waals surface area contributed by atoms with E-state index in [9.17, 15) is 4.79 Å². The van der Waals surface area contributed by atoms with Crippen LogP contribution in [-0.2, 0) is 7.05 Å². The fraction of sp³-hybridized carbons (Fsp3) is 0.636. The van der Waals surface area contributed by atoms with Crippen LogP contribution in [-0.4, -0.2) is 22.4 Å². The molecule has 0 amide bonds. The molecule has 0 N–H and O–H groups in total. The second-order valence-electron chi connectivity index (χ2n) is 4.76. The van der Waals surface area contributed by atoms with Gasteiger partial charge >= 0.3 is 0 Å².